The Morgan fingerprint density at radius 1 is 1.22 bits per heavy atom. The van der Waals surface area contributed by atoms with Gasteiger partial charge in [-0.15, -0.1) is 0 Å². The maximum absolute atomic E-state index is 14.8. The fraction of sp³-hybridized carbons (Fsp3) is 0.731. The fourth-order valence-corrected chi connectivity index (χ4v) is 6.62. The summed E-state index contributed by atoms with van der Waals surface area (Å²) in [5.41, 5.74) is 0.652. The summed E-state index contributed by atoms with van der Waals surface area (Å²) in [7, 11) is 0. The van der Waals surface area contributed by atoms with Crippen LogP contribution in [0.15, 0.2) is 12.1 Å². The third kappa shape index (κ3) is 4.66. The molecule has 2 aliphatic carbocycles. The zero-order chi connectivity index (χ0) is 22.8. The first-order chi connectivity index (χ1) is 15.4. The van der Waals surface area contributed by atoms with Gasteiger partial charge in [-0.3, -0.25) is 4.79 Å². The summed E-state index contributed by atoms with van der Waals surface area (Å²) in [6.45, 7) is 6.60. The highest BCUT2D eigenvalue weighted by atomic mass is 19.1. The van der Waals surface area contributed by atoms with Crippen molar-refractivity contribution in [3.05, 3.63) is 23.8 Å². The molecule has 1 atom stereocenters. The summed E-state index contributed by atoms with van der Waals surface area (Å²) in [4.78, 5) is 15.2. The third-order valence-corrected chi connectivity index (χ3v) is 8.56. The van der Waals surface area contributed by atoms with Gasteiger partial charge in [-0.2, -0.15) is 0 Å². The molecule has 2 saturated carbocycles. The number of hydrogen-bond donors (Lipinski definition) is 1. The van der Waals surface area contributed by atoms with Crippen molar-refractivity contribution < 1.29 is 18.3 Å². The second-order valence-corrected chi connectivity index (χ2v) is 10.6. The average Bonchev–Trinajstić information content (AvgIpc) is 3.40. The molecule has 1 saturated heterocycles. The van der Waals surface area contributed by atoms with E-state index in [0.717, 1.165) is 31.2 Å². The molecule has 4 rings (SSSR count). The molecule has 1 aromatic rings. The van der Waals surface area contributed by atoms with Gasteiger partial charge in [0.25, 0.3) is 0 Å². The van der Waals surface area contributed by atoms with Crippen LogP contribution in [0.1, 0.15) is 78.1 Å². The summed E-state index contributed by atoms with van der Waals surface area (Å²) in [6, 6.07) is 2.18. The molecule has 1 heterocycles. The number of ether oxygens (including phenoxy) is 1. The number of fused-ring (bicyclic) bond motifs is 2. The Kier molecular flexibility index (Phi) is 7.09. The molecule has 178 valence electrons. The normalized spacial score (nSPS) is 26.9. The van der Waals surface area contributed by atoms with E-state index in [1.807, 2.05) is 4.90 Å². The average molecular weight is 449 g/mol. The molecule has 6 heteroatoms. The van der Waals surface area contributed by atoms with Crippen LogP contribution in [0, 0.1) is 28.4 Å². The first-order valence-electron chi connectivity index (χ1n) is 12.5. The lowest BCUT2D eigenvalue weighted by Gasteiger charge is -2.46. The predicted molar refractivity (Wildman–Crippen MR) is 124 cm³/mol. The van der Waals surface area contributed by atoms with Gasteiger partial charge in [0.05, 0.1) is 18.9 Å². The lowest BCUT2D eigenvalue weighted by molar-refractivity contribution is -0.121. The van der Waals surface area contributed by atoms with E-state index >= 15 is 0 Å². The smallest absolute Gasteiger partial charge is 0.225 e. The molecular weight excluding hydrogens is 410 g/mol. The molecule has 1 aliphatic heterocycles. The van der Waals surface area contributed by atoms with E-state index in [1.165, 1.54) is 44.6 Å². The van der Waals surface area contributed by atoms with Gasteiger partial charge >= 0.3 is 0 Å². The molecule has 4 nitrogen and oxygen atoms in total. The quantitative estimate of drug-likeness (QED) is 0.451. The first kappa shape index (κ1) is 23.5. The molecule has 1 amide bonds. The molecule has 3 aliphatic rings. The maximum atomic E-state index is 14.8. The maximum Gasteiger partial charge on any atom is 0.225 e. The molecule has 32 heavy (non-hydrogen) atoms. The van der Waals surface area contributed by atoms with E-state index in [-0.39, 0.29) is 22.4 Å². The fourth-order valence-electron chi connectivity index (χ4n) is 6.62. The summed E-state index contributed by atoms with van der Waals surface area (Å²) in [5, 5.41) is 2.86. The van der Waals surface area contributed by atoms with Crippen LogP contribution in [-0.4, -0.2) is 32.2 Å². The topological polar surface area (TPSA) is 41.6 Å². The van der Waals surface area contributed by atoms with E-state index in [2.05, 4.69) is 19.2 Å². The van der Waals surface area contributed by atoms with E-state index in [9.17, 15) is 13.6 Å². The Hall–Kier alpha value is -1.69. The molecule has 1 unspecified atom stereocenters. The number of carbonyl (C=O) groups excluding carboxylic acids is 1. The molecule has 0 aromatic heterocycles. The second kappa shape index (κ2) is 9.66. The van der Waals surface area contributed by atoms with E-state index < -0.39 is 11.6 Å². The summed E-state index contributed by atoms with van der Waals surface area (Å²) in [6.07, 6.45) is 11.1. The Morgan fingerprint density at radius 3 is 2.56 bits per heavy atom. The number of amides is 1. The number of morpholine rings is 1. The minimum atomic E-state index is -0.715. The number of halogens is 2. The van der Waals surface area contributed by atoms with Gasteiger partial charge < -0.3 is 15.0 Å². The molecule has 0 spiro atoms. The van der Waals surface area contributed by atoms with Gasteiger partial charge in [0.2, 0.25) is 5.91 Å². The lowest BCUT2D eigenvalue weighted by Crippen LogP contribution is -2.40. The molecule has 0 radical (unpaired) electrons. The minimum Gasteiger partial charge on any atom is -0.378 e. The zero-order valence-electron chi connectivity index (χ0n) is 19.7. The number of anilines is 2. The Balaban J connectivity index is 1.54. The van der Waals surface area contributed by atoms with Crippen LogP contribution >= 0.6 is 0 Å². The van der Waals surface area contributed by atoms with Gasteiger partial charge in [0.1, 0.15) is 11.5 Å². The van der Waals surface area contributed by atoms with Crippen molar-refractivity contribution >= 4 is 17.3 Å². The van der Waals surface area contributed by atoms with Crippen molar-refractivity contribution in [3.8, 4) is 0 Å². The number of carbonyl (C=O) groups is 1. The van der Waals surface area contributed by atoms with Crippen LogP contribution in [0.2, 0.25) is 0 Å². The SMILES string of the molecule is CCCCCC(C)(CC(=O)Nc1c(F)cc(F)cc1N1CCOCC1)C12CCC(CC1)C2. The van der Waals surface area contributed by atoms with Gasteiger partial charge in [0.15, 0.2) is 5.82 Å². The molecule has 3 fully saturated rings. The molecule has 1 N–H and O–H groups in total. The van der Waals surface area contributed by atoms with Crippen molar-refractivity contribution in [3.63, 3.8) is 0 Å². The van der Waals surface area contributed by atoms with Crippen LogP contribution in [0.5, 0.6) is 0 Å². The number of nitrogens with one attached hydrogen (secondary N) is 1. The third-order valence-electron chi connectivity index (χ3n) is 8.56. The standard InChI is InChI=1S/C26H38F2N2O2/c1-3-4-5-8-25(2,26-9-6-19(17-26)7-10-26)18-23(31)29-24-21(28)15-20(27)16-22(24)30-11-13-32-14-12-30/h15-16,19H,3-14,17-18H2,1-2H3,(H,29,31). The van der Waals surface area contributed by atoms with Crippen molar-refractivity contribution in [1.82, 2.24) is 0 Å². The highest BCUT2D eigenvalue weighted by Gasteiger charge is 2.55. The summed E-state index contributed by atoms with van der Waals surface area (Å²) < 4.78 is 34.3. The molecule has 2 bridgehead atoms. The Morgan fingerprint density at radius 2 is 1.94 bits per heavy atom. The number of unbranched alkanes of at least 4 members (excludes halogenated alkanes) is 2. The van der Waals surface area contributed by atoms with Crippen molar-refractivity contribution in [1.29, 1.82) is 0 Å². The van der Waals surface area contributed by atoms with Crippen LogP contribution in [0.4, 0.5) is 20.2 Å². The molecular formula is C26H38F2N2O2. The summed E-state index contributed by atoms with van der Waals surface area (Å²) >= 11 is 0. The Bertz CT molecular complexity index is 816. The van der Waals surface area contributed by atoms with Crippen molar-refractivity contribution in [2.45, 2.75) is 78.1 Å². The van der Waals surface area contributed by atoms with Gasteiger partial charge in [-0.1, -0.05) is 33.1 Å². The minimum absolute atomic E-state index is 0.0901. The van der Waals surface area contributed by atoms with Crippen LogP contribution in [0.25, 0.3) is 0 Å². The first-order valence-corrected chi connectivity index (χ1v) is 12.5. The van der Waals surface area contributed by atoms with Crippen molar-refractivity contribution in [2.75, 3.05) is 36.5 Å². The van der Waals surface area contributed by atoms with E-state index in [0.29, 0.717) is 38.4 Å². The van der Waals surface area contributed by atoms with Gasteiger partial charge in [-0.05, 0) is 61.3 Å². The number of benzene rings is 1. The van der Waals surface area contributed by atoms with Crippen LogP contribution in [-0.2, 0) is 9.53 Å². The lowest BCUT2D eigenvalue weighted by atomic mass is 9.58. The van der Waals surface area contributed by atoms with Crippen LogP contribution in [0.3, 0.4) is 0 Å². The predicted octanol–water partition coefficient (Wildman–Crippen LogP) is 6.30. The van der Waals surface area contributed by atoms with E-state index in [1.54, 1.807) is 0 Å². The van der Waals surface area contributed by atoms with E-state index in [4.69, 9.17) is 4.74 Å². The Labute approximate surface area is 191 Å². The number of rotatable bonds is 9. The second-order valence-electron chi connectivity index (χ2n) is 10.6. The monoisotopic (exact) mass is 448 g/mol. The van der Waals surface area contributed by atoms with Crippen LogP contribution < -0.4 is 10.2 Å². The highest BCUT2D eigenvalue weighted by Crippen LogP contribution is 2.65. The van der Waals surface area contributed by atoms with Gasteiger partial charge in [-0.25, -0.2) is 8.78 Å². The van der Waals surface area contributed by atoms with Crippen molar-refractivity contribution in [2.24, 2.45) is 16.7 Å². The molecule has 1 aromatic carbocycles. The summed E-state index contributed by atoms with van der Waals surface area (Å²) in [5.74, 6) is -0.694. The number of hydrogen-bond acceptors (Lipinski definition) is 3. The van der Waals surface area contributed by atoms with Gasteiger partial charge in [0, 0.05) is 25.6 Å². The number of nitrogens with zero attached hydrogens (tertiary/aromatic N) is 1. The zero-order valence-corrected chi connectivity index (χ0v) is 19.7. The highest BCUT2D eigenvalue weighted by molar-refractivity contribution is 5.95. The largest absolute Gasteiger partial charge is 0.378 e.